The van der Waals surface area contributed by atoms with E-state index in [1.807, 2.05) is 0 Å². The van der Waals surface area contributed by atoms with Gasteiger partial charge in [0.05, 0.1) is 22.3 Å². The second-order valence-corrected chi connectivity index (χ2v) is 5.19. The fraction of sp³-hybridized carbons (Fsp3) is 0. The van der Waals surface area contributed by atoms with Crippen molar-refractivity contribution in [3.8, 4) is 6.07 Å². The Balaban J connectivity index is 2.09. The molecular weight excluding hydrogens is 334 g/mol. The predicted octanol–water partition coefficient (Wildman–Crippen LogP) is 4.84. The second kappa shape index (κ2) is 6.60. The molecule has 0 aliphatic carbocycles. The summed E-state index contributed by atoms with van der Waals surface area (Å²) >= 11 is 6.10. The van der Waals surface area contributed by atoms with Crippen molar-refractivity contribution in [1.82, 2.24) is 9.97 Å². The molecule has 3 rings (SSSR count). The van der Waals surface area contributed by atoms with Crippen LogP contribution in [0.25, 0.3) is 17.0 Å². The van der Waals surface area contributed by atoms with E-state index in [9.17, 15) is 8.78 Å². The summed E-state index contributed by atoms with van der Waals surface area (Å²) in [6.07, 6.45) is 2.31. The highest BCUT2D eigenvalue weighted by atomic mass is 35.5. The van der Waals surface area contributed by atoms with Gasteiger partial charge in [-0.05, 0) is 42.0 Å². The van der Waals surface area contributed by atoms with Gasteiger partial charge in [0.1, 0.15) is 25.1 Å². The lowest BCUT2D eigenvalue weighted by atomic mass is 10.1. The van der Waals surface area contributed by atoms with Crippen LogP contribution < -0.4 is 5.32 Å². The van der Waals surface area contributed by atoms with Crippen LogP contribution in [-0.4, -0.2) is 9.97 Å². The molecule has 0 aliphatic heterocycles. The Hall–Kier alpha value is -3.04. The van der Waals surface area contributed by atoms with Gasteiger partial charge in [-0.1, -0.05) is 11.6 Å². The van der Waals surface area contributed by atoms with E-state index in [2.05, 4.69) is 15.3 Å². The lowest BCUT2D eigenvalue weighted by Crippen LogP contribution is -2.00. The minimum absolute atomic E-state index is 0.0484. The van der Waals surface area contributed by atoms with E-state index in [0.717, 1.165) is 0 Å². The molecule has 0 spiro atoms. The van der Waals surface area contributed by atoms with Crippen LogP contribution in [-0.2, 0) is 0 Å². The lowest BCUT2D eigenvalue weighted by molar-refractivity contribution is 0.629. The van der Waals surface area contributed by atoms with E-state index < -0.39 is 11.6 Å². The van der Waals surface area contributed by atoms with E-state index in [1.54, 1.807) is 6.07 Å². The first kappa shape index (κ1) is 14.5. The first-order chi connectivity index (χ1) is 12.0. The van der Waals surface area contributed by atoms with Crippen molar-refractivity contribution in [1.29, 1.82) is 5.26 Å². The van der Waals surface area contributed by atoms with Crippen molar-refractivity contribution in [2.24, 2.45) is 0 Å². The van der Waals surface area contributed by atoms with Crippen molar-refractivity contribution in [2.45, 2.75) is 0 Å². The van der Waals surface area contributed by atoms with Gasteiger partial charge < -0.3 is 5.32 Å². The summed E-state index contributed by atoms with van der Waals surface area (Å²) in [4.78, 5) is 7.78. The van der Waals surface area contributed by atoms with E-state index in [-0.39, 0.29) is 22.8 Å². The molecule has 24 heavy (non-hydrogen) atoms. The Morgan fingerprint density at radius 1 is 1.25 bits per heavy atom. The largest absolute Gasteiger partial charge is 0.336 e. The zero-order valence-corrected chi connectivity index (χ0v) is 12.8. The van der Waals surface area contributed by atoms with Gasteiger partial charge in [-0.25, -0.2) is 18.7 Å². The Morgan fingerprint density at radius 3 is 2.83 bits per heavy atom. The number of halogens is 3. The molecule has 0 aliphatic rings. The number of hydrogen-bond donors (Lipinski definition) is 1. The number of nitriles is 1. The molecule has 0 fully saturated rings. The summed E-state index contributed by atoms with van der Waals surface area (Å²) in [6, 6.07) is 8.26. The Morgan fingerprint density at radius 2 is 2.08 bits per heavy atom. The number of benzene rings is 2. The first-order valence-corrected chi connectivity index (χ1v) is 7.12. The van der Waals surface area contributed by atoms with Crippen molar-refractivity contribution in [2.75, 3.05) is 5.32 Å². The summed E-state index contributed by atoms with van der Waals surface area (Å²) in [5.74, 6) is -1.13. The average Bonchev–Trinajstić information content (AvgIpc) is 2.56. The van der Waals surface area contributed by atoms with Gasteiger partial charge in [0.15, 0.2) is 0 Å². The smallest absolute Gasteiger partial charge is 0.148 e. The molecule has 0 saturated heterocycles. The normalized spacial score (nSPS) is 11.5. The monoisotopic (exact) mass is 343 g/mol. The van der Waals surface area contributed by atoms with Crippen LogP contribution in [0.2, 0.25) is 5.02 Å². The summed E-state index contributed by atoms with van der Waals surface area (Å²) in [6.45, 7) is 0. The first-order valence-electron chi connectivity index (χ1n) is 7.24. The molecule has 0 radical (unpaired) electrons. The van der Waals surface area contributed by atoms with Crippen LogP contribution in [0.1, 0.15) is 6.93 Å². The van der Waals surface area contributed by atoms with Gasteiger partial charge in [0, 0.05) is 11.5 Å². The molecule has 1 heterocycles. The van der Waals surface area contributed by atoms with Gasteiger partial charge >= 0.3 is 0 Å². The van der Waals surface area contributed by atoms with Crippen LogP contribution in [0.5, 0.6) is 0 Å². The van der Waals surface area contributed by atoms with Crippen molar-refractivity contribution in [3.05, 3.63) is 64.9 Å². The van der Waals surface area contributed by atoms with E-state index >= 15 is 0 Å². The van der Waals surface area contributed by atoms with Gasteiger partial charge in [-0.3, -0.25) is 0 Å². The molecule has 3 aromatic rings. The van der Waals surface area contributed by atoms with Crippen LogP contribution >= 0.6 is 11.6 Å². The van der Waals surface area contributed by atoms with Crippen LogP contribution in [0.15, 0.2) is 42.7 Å². The Labute approximate surface area is 142 Å². The maximum Gasteiger partial charge on any atom is 0.148 e. The Bertz CT molecular complexity index is 1020. The van der Waals surface area contributed by atoms with E-state index in [4.69, 9.17) is 18.2 Å². The topological polar surface area (TPSA) is 61.6 Å². The summed E-state index contributed by atoms with van der Waals surface area (Å²) in [7, 11) is 0. The molecule has 4 nitrogen and oxygen atoms in total. The number of rotatable bonds is 3. The zero-order chi connectivity index (χ0) is 18.0. The fourth-order valence-corrected chi connectivity index (χ4v) is 2.40. The highest BCUT2D eigenvalue weighted by Gasteiger charge is 2.12. The number of allylic oxidation sites excluding steroid dienone is 1. The molecule has 0 saturated carbocycles. The second-order valence-electron chi connectivity index (χ2n) is 4.78. The maximum atomic E-state index is 14.4. The SMILES string of the molecule is [2H]c1nc(Nc2c(F)cc(C=CC#N)cc2Cl)c2cc(F)ccc2n1. The molecule has 0 bridgehead atoms. The predicted molar refractivity (Wildman–Crippen MR) is 88.8 cm³/mol. The minimum Gasteiger partial charge on any atom is -0.336 e. The molecule has 1 aromatic heterocycles. The fourth-order valence-electron chi connectivity index (χ4n) is 2.14. The average molecular weight is 344 g/mol. The van der Waals surface area contributed by atoms with Crippen LogP contribution in [0.3, 0.4) is 0 Å². The van der Waals surface area contributed by atoms with Crippen molar-refractivity contribution >= 4 is 40.1 Å². The lowest BCUT2D eigenvalue weighted by Gasteiger charge is -2.11. The summed E-state index contributed by atoms with van der Waals surface area (Å²) in [5, 5.41) is 11.6. The third-order valence-corrected chi connectivity index (χ3v) is 3.50. The number of nitrogens with one attached hydrogen (secondary N) is 1. The van der Waals surface area contributed by atoms with Crippen molar-refractivity contribution < 1.29 is 10.2 Å². The molecule has 1 N–H and O–H groups in total. The standard InChI is InChI=1S/C17H9ClF2N4/c18-13-6-10(2-1-5-21)7-14(20)16(13)24-17-12-8-11(19)3-4-15(12)22-9-23-17/h1-4,6-9H,(H,22,23,24)/i9D. The highest BCUT2D eigenvalue weighted by molar-refractivity contribution is 6.33. The van der Waals surface area contributed by atoms with E-state index in [1.165, 1.54) is 42.5 Å². The third kappa shape index (κ3) is 3.16. The summed E-state index contributed by atoms with van der Waals surface area (Å²) < 4.78 is 35.5. The van der Waals surface area contributed by atoms with Crippen LogP contribution in [0, 0.1) is 23.0 Å². The highest BCUT2D eigenvalue weighted by Crippen LogP contribution is 2.32. The number of nitrogens with zero attached hydrogens (tertiary/aromatic N) is 3. The molecule has 118 valence electrons. The van der Waals surface area contributed by atoms with E-state index in [0.29, 0.717) is 16.5 Å². The molecular formula is C17H9ClF2N4. The number of aromatic nitrogens is 2. The van der Waals surface area contributed by atoms with Crippen LogP contribution in [0.4, 0.5) is 20.3 Å². The molecule has 0 amide bonds. The van der Waals surface area contributed by atoms with Gasteiger partial charge in [0.25, 0.3) is 0 Å². The van der Waals surface area contributed by atoms with Gasteiger partial charge in [-0.2, -0.15) is 5.26 Å². The minimum atomic E-state index is -0.681. The third-order valence-electron chi connectivity index (χ3n) is 3.20. The summed E-state index contributed by atoms with van der Waals surface area (Å²) in [5.41, 5.74) is 0.683. The molecule has 0 unspecified atom stereocenters. The number of anilines is 2. The van der Waals surface area contributed by atoms with Gasteiger partial charge in [0.2, 0.25) is 0 Å². The molecule has 2 aromatic carbocycles. The number of fused-ring (bicyclic) bond motifs is 1. The zero-order valence-electron chi connectivity index (χ0n) is 13.0. The molecule has 7 heteroatoms. The Kier molecular flexibility index (Phi) is 4.00. The van der Waals surface area contributed by atoms with Crippen molar-refractivity contribution in [3.63, 3.8) is 0 Å². The molecule has 0 atom stereocenters. The maximum absolute atomic E-state index is 14.4. The van der Waals surface area contributed by atoms with Gasteiger partial charge in [-0.15, -0.1) is 0 Å². The quantitative estimate of drug-likeness (QED) is 0.691. The number of hydrogen-bond acceptors (Lipinski definition) is 4.